The van der Waals surface area contributed by atoms with Gasteiger partial charge in [-0.1, -0.05) is 0 Å². The van der Waals surface area contributed by atoms with E-state index < -0.39 is 5.97 Å². The fourth-order valence-electron chi connectivity index (χ4n) is 3.08. The van der Waals surface area contributed by atoms with Crippen molar-refractivity contribution in [2.45, 2.75) is 32.3 Å². The van der Waals surface area contributed by atoms with Crippen LogP contribution < -0.4 is 0 Å². The third-order valence-corrected chi connectivity index (χ3v) is 4.12. The monoisotopic (exact) mass is 304 g/mol. The summed E-state index contributed by atoms with van der Waals surface area (Å²) in [6.07, 6.45) is 2.21. The Bertz CT molecular complexity index is 633. The lowest BCUT2D eigenvalue weighted by atomic mass is 9.89. The first-order valence-electron chi connectivity index (χ1n) is 7.50. The molecule has 0 saturated heterocycles. The van der Waals surface area contributed by atoms with Gasteiger partial charge in [-0.05, 0) is 50.5 Å². The van der Waals surface area contributed by atoms with Crippen molar-refractivity contribution in [1.82, 2.24) is 0 Å². The SMILES string of the molecule is CCOC(=O)C1=C(c2ccc(F)cc2)OC2CCCC2C1=O. The number of halogens is 1. The maximum absolute atomic E-state index is 13.1. The Morgan fingerprint density at radius 3 is 2.73 bits per heavy atom. The summed E-state index contributed by atoms with van der Waals surface area (Å²) in [5.74, 6) is -1.33. The molecule has 0 bridgehead atoms. The highest BCUT2D eigenvalue weighted by atomic mass is 19.1. The highest BCUT2D eigenvalue weighted by molar-refractivity contribution is 6.23. The zero-order chi connectivity index (χ0) is 15.7. The first kappa shape index (κ1) is 14.8. The molecule has 1 aromatic carbocycles. The number of esters is 1. The van der Waals surface area contributed by atoms with Crippen molar-refractivity contribution < 1.29 is 23.5 Å². The van der Waals surface area contributed by atoms with Gasteiger partial charge in [0.1, 0.15) is 23.3 Å². The predicted octanol–water partition coefficient (Wildman–Crippen LogP) is 2.87. The van der Waals surface area contributed by atoms with Crippen molar-refractivity contribution in [3.63, 3.8) is 0 Å². The van der Waals surface area contributed by atoms with Crippen LogP contribution in [0.5, 0.6) is 0 Å². The maximum Gasteiger partial charge on any atom is 0.345 e. The van der Waals surface area contributed by atoms with Gasteiger partial charge in [0.15, 0.2) is 5.78 Å². The second-order valence-corrected chi connectivity index (χ2v) is 5.49. The Hall–Kier alpha value is -2.17. The molecule has 2 unspecified atom stereocenters. The Labute approximate surface area is 127 Å². The predicted molar refractivity (Wildman–Crippen MR) is 77.2 cm³/mol. The van der Waals surface area contributed by atoms with Crippen molar-refractivity contribution in [2.75, 3.05) is 6.61 Å². The van der Waals surface area contributed by atoms with E-state index >= 15 is 0 Å². The quantitative estimate of drug-likeness (QED) is 0.636. The van der Waals surface area contributed by atoms with Gasteiger partial charge in [0.25, 0.3) is 0 Å². The van der Waals surface area contributed by atoms with Gasteiger partial charge in [0, 0.05) is 5.56 Å². The summed E-state index contributed by atoms with van der Waals surface area (Å²) < 4.78 is 24.0. The van der Waals surface area contributed by atoms with Crippen LogP contribution in [0, 0.1) is 11.7 Å². The van der Waals surface area contributed by atoms with E-state index in [0.717, 1.165) is 19.3 Å². The van der Waals surface area contributed by atoms with Gasteiger partial charge in [-0.15, -0.1) is 0 Å². The third-order valence-electron chi connectivity index (χ3n) is 4.12. The molecule has 1 heterocycles. The molecular weight excluding hydrogens is 287 g/mol. The van der Waals surface area contributed by atoms with Crippen LogP contribution in [0.25, 0.3) is 5.76 Å². The number of fused-ring (bicyclic) bond motifs is 1. The molecule has 4 nitrogen and oxygen atoms in total. The van der Waals surface area contributed by atoms with Crippen molar-refractivity contribution in [1.29, 1.82) is 0 Å². The molecule has 0 amide bonds. The van der Waals surface area contributed by atoms with Gasteiger partial charge in [0.2, 0.25) is 0 Å². The zero-order valence-electron chi connectivity index (χ0n) is 12.3. The highest BCUT2D eigenvalue weighted by Gasteiger charge is 2.44. The fraction of sp³-hybridized carbons (Fsp3) is 0.412. The van der Waals surface area contributed by atoms with E-state index in [1.54, 1.807) is 6.92 Å². The van der Waals surface area contributed by atoms with E-state index in [4.69, 9.17) is 9.47 Å². The highest BCUT2D eigenvalue weighted by Crippen LogP contribution is 2.40. The van der Waals surface area contributed by atoms with Crippen molar-refractivity contribution >= 4 is 17.5 Å². The molecule has 116 valence electrons. The average Bonchev–Trinajstić information content (AvgIpc) is 2.97. The van der Waals surface area contributed by atoms with Crippen LogP contribution in [-0.4, -0.2) is 24.5 Å². The summed E-state index contributed by atoms with van der Waals surface area (Å²) in [4.78, 5) is 24.9. The summed E-state index contributed by atoms with van der Waals surface area (Å²) in [6.45, 7) is 1.86. The number of ether oxygens (including phenoxy) is 2. The number of rotatable bonds is 3. The number of hydrogen-bond donors (Lipinski definition) is 0. The Kier molecular flexibility index (Phi) is 3.96. The van der Waals surface area contributed by atoms with Gasteiger partial charge in [-0.2, -0.15) is 0 Å². The van der Waals surface area contributed by atoms with Crippen molar-refractivity contribution in [3.05, 3.63) is 41.2 Å². The lowest BCUT2D eigenvalue weighted by Gasteiger charge is -2.29. The lowest BCUT2D eigenvalue weighted by Crippen LogP contribution is -2.35. The van der Waals surface area contributed by atoms with Crippen LogP contribution >= 0.6 is 0 Å². The molecule has 0 N–H and O–H groups in total. The summed E-state index contributed by atoms with van der Waals surface area (Å²) >= 11 is 0. The molecule has 1 saturated carbocycles. The Balaban J connectivity index is 2.07. The number of carbonyl (C=O) groups is 2. The molecular formula is C17H17FO4. The third kappa shape index (κ3) is 2.51. The van der Waals surface area contributed by atoms with Gasteiger partial charge in [0.05, 0.1) is 12.5 Å². The maximum atomic E-state index is 13.1. The minimum atomic E-state index is -0.669. The van der Waals surface area contributed by atoms with E-state index in [9.17, 15) is 14.0 Å². The summed E-state index contributed by atoms with van der Waals surface area (Å²) in [5, 5.41) is 0. The van der Waals surface area contributed by atoms with Gasteiger partial charge >= 0.3 is 5.97 Å². The molecule has 0 spiro atoms. The van der Waals surface area contributed by atoms with Crippen LogP contribution in [0.2, 0.25) is 0 Å². The summed E-state index contributed by atoms with van der Waals surface area (Å²) in [7, 11) is 0. The number of benzene rings is 1. The van der Waals surface area contributed by atoms with Crippen LogP contribution in [0.4, 0.5) is 4.39 Å². The molecule has 1 aliphatic heterocycles. The molecule has 3 rings (SSSR count). The number of hydrogen-bond acceptors (Lipinski definition) is 4. The molecule has 22 heavy (non-hydrogen) atoms. The van der Waals surface area contributed by atoms with Crippen LogP contribution in [0.15, 0.2) is 29.8 Å². The topological polar surface area (TPSA) is 52.6 Å². The summed E-state index contributed by atoms with van der Waals surface area (Å²) in [5.41, 5.74) is 0.472. The van der Waals surface area contributed by atoms with Crippen LogP contribution in [0.3, 0.4) is 0 Å². The number of ketones is 1. The minimum Gasteiger partial charge on any atom is -0.488 e. The van der Waals surface area contributed by atoms with Gasteiger partial charge in [-0.3, -0.25) is 4.79 Å². The van der Waals surface area contributed by atoms with E-state index in [2.05, 4.69) is 0 Å². The average molecular weight is 304 g/mol. The van der Waals surface area contributed by atoms with E-state index in [1.807, 2.05) is 0 Å². The van der Waals surface area contributed by atoms with Gasteiger partial charge < -0.3 is 9.47 Å². The van der Waals surface area contributed by atoms with Gasteiger partial charge in [-0.25, -0.2) is 9.18 Å². The normalized spacial score (nSPS) is 24.0. The fourth-order valence-corrected chi connectivity index (χ4v) is 3.08. The number of carbonyl (C=O) groups excluding carboxylic acids is 2. The molecule has 1 aliphatic carbocycles. The largest absolute Gasteiger partial charge is 0.488 e. The molecule has 0 radical (unpaired) electrons. The van der Waals surface area contributed by atoms with Crippen molar-refractivity contribution in [2.24, 2.45) is 5.92 Å². The van der Waals surface area contributed by atoms with E-state index in [-0.39, 0.29) is 41.6 Å². The van der Waals surface area contributed by atoms with E-state index in [0.29, 0.717) is 5.56 Å². The van der Waals surface area contributed by atoms with E-state index in [1.165, 1.54) is 24.3 Å². The molecule has 1 fully saturated rings. The second-order valence-electron chi connectivity index (χ2n) is 5.49. The minimum absolute atomic E-state index is 0.0448. The lowest BCUT2D eigenvalue weighted by molar-refractivity contribution is -0.141. The summed E-state index contributed by atoms with van der Waals surface area (Å²) in [6, 6.07) is 5.57. The first-order chi connectivity index (χ1) is 10.6. The number of Topliss-reactive ketones (excluding diaryl/α,β-unsaturated/α-hetero) is 1. The zero-order valence-corrected chi connectivity index (χ0v) is 12.3. The van der Waals surface area contributed by atoms with Crippen molar-refractivity contribution in [3.8, 4) is 0 Å². The Morgan fingerprint density at radius 2 is 2.05 bits per heavy atom. The van der Waals surface area contributed by atoms with Crippen LogP contribution in [0.1, 0.15) is 31.7 Å². The molecule has 2 aliphatic rings. The molecule has 1 aromatic rings. The molecule has 0 aromatic heterocycles. The van der Waals surface area contributed by atoms with Crippen LogP contribution in [-0.2, 0) is 19.1 Å². The molecule has 5 heteroatoms. The second kappa shape index (κ2) is 5.91. The standard InChI is InChI=1S/C17H17FO4/c1-2-21-17(20)14-15(19)12-4-3-5-13(12)22-16(14)10-6-8-11(18)9-7-10/h6-9,12-13H,2-5H2,1H3. The smallest absolute Gasteiger partial charge is 0.345 e. The first-order valence-corrected chi connectivity index (χ1v) is 7.50. The molecule has 2 atom stereocenters. The Morgan fingerprint density at radius 1 is 1.32 bits per heavy atom.